The average Bonchev–Trinajstić information content (AvgIpc) is 2.55. The number of nitriles is 1. The minimum atomic E-state index is -3.53. The lowest BCUT2D eigenvalue weighted by Crippen LogP contribution is -2.37. The quantitative estimate of drug-likeness (QED) is 0.786. The molecular weight excluding hydrogens is 316 g/mol. The van der Waals surface area contributed by atoms with Crippen LogP contribution in [0.4, 0.5) is 0 Å². The molecule has 0 radical (unpaired) electrons. The zero-order valence-corrected chi connectivity index (χ0v) is 14.0. The van der Waals surface area contributed by atoms with E-state index in [2.05, 4.69) is 6.92 Å². The molecule has 23 heavy (non-hydrogen) atoms. The van der Waals surface area contributed by atoms with Gasteiger partial charge in [0.25, 0.3) is 0 Å². The molecule has 2 rings (SSSR count). The van der Waals surface area contributed by atoms with E-state index in [1.165, 1.54) is 35.5 Å². The number of benzene rings is 1. The Balaban J connectivity index is 2.12. The van der Waals surface area contributed by atoms with Crippen molar-refractivity contribution in [1.82, 2.24) is 4.31 Å². The Morgan fingerprint density at radius 1 is 1.30 bits per heavy atom. The summed E-state index contributed by atoms with van der Waals surface area (Å²) in [5.41, 5.74) is 0.221. The predicted molar refractivity (Wildman–Crippen MR) is 84.1 cm³/mol. The van der Waals surface area contributed by atoms with Crippen molar-refractivity contribution in [2.45, 2.75) is 37.7 Å². The van der Waals surface area contributed by atoms with Crippen molar-refractivity contribution in [3.8, 4) is 6.07 Å². The van der Waals surface area contributed by atoms with Gasteiger partial charge in [0.2, 0.25) is 10.0 Å². The Hall–Kier alpha value is -1.91. The van der Waals surface area contributed by atoms with E-state index in [0.717, 1.165) is 12.8 Å². The maximum Gasteiger partial charge on any atom is 0.339 e. The second-order valence-electron chi connectivity index (χ2n) is 5.79. The van der Waals surface area contributed by atoms with Gasteiger partial charge in [-0.15, -0.1) is 0 Å². The number of hydrogen-bond acceptors (Lipinski definition) is 5. The van der Waals surface area contributed by atoms with Crippen LogP contribution in [-0.4, -0.2) is 37.9 Å². The van der Waals surface area contributed by atoms with Gasteiger partial charge in [0.15, 0.2) is 6.10 Å². The van der Waals surface area contributed by atoms with Crippen molar-refractivity contribution in [2.75, 3.05) is 13.1 Å². The molecule has 1 heterocycles. The number of nitrogens with zero attached hydrogens (tertiary/aromatic N) is 2. The standard InChI is InChI=1S/C16H20N2O4S/c1-12-7-9-18(10-8-12)23(20,21)15-5-3-14(4-6-15)16(19)22-13(2)11-17/h3-6,12-13H,7-10H2,1-2H3/t13-/m0/s1. The largest absolute Gasteiger partial charge is 0.444 e. The number of rotatable bonds is 4. The molecule has 1 aliphatic heterocycles. The molecule has 0 unspecified atom stereocenters. The van der Waals surface area contributed by atoms with Gasteiger partial charge in [-0.3, -0.25) is 0 Å². The summed E-state index contributed by atoms with van der Waals surface area (Å²) in [4.78, 5) is 11.9. The summed E-state index contributed by atoms with van der Waals surface area (Å²) in [5, 5.41) is 8.63. The highest BCUT2D eigenvalue weighted by atomic mass is 32.2. The fourth-order valence-corrected chi connectivity index (χ4v) is 3.86. The van der Waals surface area contributed by atoms with E-state index in [-0.39, 0.29) is 10.5 Å². The summed E-state index contributed by atoms with van der Waals surface area (Å²) in [6, 6.07) is 7.43. The van der Waals surface area contributed by atoms with Crippen molar-refractivity contribution in [3.63, 3.8) is 0 Å². The van der Waals surface area contributed by atoms with Crippen molar-refractivity contribution in [1.29, 1.82) is 5.26 Å². The van der Waals surface area contributed by atoms with E-state index >= 15 is 0 Å². The highest BCUT2D eigenvalue weighted by molar-refractivity contribution is 7.89. The lowest BCUT2D eigenvalue weighted by atomic mass is 10.0. The molecule has 124 valence electrons. The van der Waals surface area contributed by atoms with Gasteiger partial charge < -0.3 is 4.74 Å². The first-order valence-electron chi connectivity index (χ1n) is 7.55. The van der Waals surface area contributed by atoms with E-state index in [0.29, 0.717) is 19.0 Å². The first-order chi connectivity index (χ1) is 10.8. The number of carbonyl (C=O) groups excluding carboxylic acids is 1. The SMILES string of the molecule is CC1CCN(S(=O)(=O)c2ccc(C(=O)O[C@@H](C)C#N)cc2)CC1. The fourth-order valence-electron chi connectivity index (χ4n) is 2.39. The Labute approximate surface area is 136 Å². The molecule has 1 saturated heterocycles. The van der Waals surface area contributed by atoms with E-state index in [4.69, 9.17) is 10.00 Å². The minimum absolute atomic E-state index is 0.164. The Morgan fingerprint density at radius 3 is 2.39 bits per heavy atom. The molecule has 1 fully saturated rings. The molecule has 7 heteroatoms. The van der Waals surface area contributed by atoms with Crippen LogP contribution >= 0.6 is 0 Å². The lowest BCUT2D eigenvalue weighted by molar-refractivity contribution is 0.0435. The lowest BCUT2D eigenvalue weighted by Gasteiger charge is -2.29. The second-order valence-corrected chi connectivity index (χ2v) is 7.73. The van der Waals surface area contributed by atoms with E-state index < -0.39 is 22.1 Å². The predicted octanol–water partition coefficient (Wildman–Crippen LogP) is 2.18. The van der Waals surface area contributed by atoms with Gasteiger partial charge >= 0.3 is 5.97 Å². The van der Waals surface area contributed by atoms with Gasteiger partial charge in [-0.05, 0) is 49.9 Å². The molecule has 0 spiro atoms. The molecule has 0 N–H and O–H groups in total. The van der Waals surface area contributed by atoms with Crippen molar-refractivity contribution in [3.05, 3.63) is 29.8 Å². The van der Waals surface area contributed by atoms with E-state index in [1.54, 1.807) is 6.07 Å². The summed E-state index contributed by atoms with van der Waals surface area (Å²) in [5.74, 6) is -0.101. The van der Waals surface area contributed by atoms with Crippen LogP contribution in [0.25, 0.3) is 0 Å². The Bertz CT molecular complexity index is 699. The maximum absolute atomic E-state index is 12.6. The minimum Gasteiger partial charge on any atom is -0.444 e. The van der Waals surface area contributed by atoms with Crippen LogP contribution in [0.2, 0.25) is 0 Å². The zero-order chi connectivity index (χ0) is 17.0. The summed E-state index contributed by atoms with van der Waals surface area (Å²) >= 11 is 0. The van der Waals surface area contributed by atoms with Crippen molar-refractivity contribution < 1.29 is 17.9 Å². The number of hydrogen-bond donors (Lipinski definition) is 0. The number of sulfonamides is 1. The molecule has 0 bridgehead atoms. The zero-order valence-electron chi connectivity index (χ0n) is 13.2. The third kappa shape index (κ3) is 4.09. The molecular formula is C16H20N2O4S. The summed E-state index contributed by atoms with van der Waals surface area (Å²) in [6.45, 7) is 4.63. The van der Waals surface area contributed by atoms with Crippen LogP contribution in [0.1, 0.15) is 37.0 Å². The molecule has 6 nitrogen and oxygen atoms in total. The van der Waals surface area contributed by atoms with Crippen molar-refractivity contribution >= 4 is 16.0 Å². The topological polar surface area (TPSA) is 87.5 Å². The Morgan fingerprint density at radius 2 is 1.87 bits per heavy atom. The molecule has 1 atom stereocenters. The van der Waals surface area contributed by atoms with Gasteiger partial charge in [0.05, 0.1) is 10.5 Å². The molecule has 1 aromatic rings. The third-order valence-corrected chi connectivity index (χ3v) is 5.85. The van der Waals surface area contributed by atoms with Gasteiger partial charge in [0, 0.05) is 13.1 Å². The third-order valence-electron chi connectivity index (χ3n) is 3.94. The highest BCUT2D eigenvalue weighted by Crippen LogP contribution is 2.23. The molecule has 1 aliphatic rings. The molecule has 0 aliphatic carbocycles. The average molecular weight is 336 g/mol. The van der Waals surface area contributed by atoms with Crippen LogP contribution < -0.4 is 0 Å². The normalized spacial score (nSPS) is 18.1. The van der Waals surface area contributed by atoms with Gasteiger partial charge in [-0.2, -0.15) is 9.57 Å². The first-order valence-corrected chi connectivity index (χ1v) is 8.99. The van der Waals surface area contributed by atoms with Gasteiger partial charge in [-0.1, -0.05) is 6.92 Å². The number of piperidine rings is 1. The fraction of sp³-hybridized carbons (Fsp3) is 0.500. The monoisotopic (exact) mass is 336 g/mol. The molecule has 0 amide bonds. The van der Waals surface area contributed by atoms with Crippen LogP contribution in [-0.2, 0) is 14.8 Å². The molecule has 0 saturated carbocycles. The number of esters is 1. The number of ether oxygens (including phenoxy) is 1. The number of carbonyl (C=O) groups is 1. The summed E-state index contributed by atoms with van der Waals surface area (Å²) in [6.07, 6.45) is 0.868. The molecule has 0 aromatic heterocycles. The van der Waals surface area contributed by atoms with Gasteiger partial charge in [0.1, 0.15) is 6.07 Å². The van der Waals surface area contributed by atoms with Crippen LogP contribution in [0.3, 0.4) is 0 Å². The van der Waals surface area contributed by atoms with Crippen LogP contribution in [0, 0.1) is 17.2 Å². The van der Waals surface area contributed by atoms with E-state index in [1.807, 2.05) is 0 Å². The summed E-state index contributed by atoms with van der Waals surface area (Å²) < 4.78 is 31.5. The van der Waals surface area contributed by atoms with E-state index in [9.17, 15) is 13.2 Å². The Kier molecular flexibility index (Phi) is 5.39. The molecule has 1 aromatic carbocycles. The second kappa shape index (κ2) is 7.11. The first kappa shape index (κ1) is 17.4. The smallest absolute Gasteiger partial charge is 0.339 e. The van der Waals surface area contributed by atoms with Crippen molar-refractivity contribution in [2.24, 2.45) is 5.92 Å². The van der Waals surface area contributed by atoms with Crippen LogP contribution in [0.15, 0.2) is 29.2 Å². The van der Waals surface area contributed by atoms with Crippen LogP contribution in [0.5, 0.6) is 0 Å². The van der Waals surface area contributed by atoms with Gasteiger partial charge in [-0.25, -0.2) is 13.2 Å². The summed E-state index contributed by atoms with van der Waals surface area (Å²) in [7, 11) is -3.53. The highest BCUT2D eigenvalue weighted by Gasteiger charge is 2.28. The maximum atomic E-state index is 12.6.